The van der Waals surface area contributed by atoms with E-state index in [1.807, 2.05) is 6.07 Å². The Hall–Kier alpha value is -2.14. The molecule has 1 heterocycles. The Morgan fingerprint density at radius 1 is 1.16 bits per heavy atom. The minimum atomic E-state index is -0.693. The summed E-state index contributed by atoms with van der Waals surface area (Å²) in [5.41, 5.74) is 2.27. The molecule has 0 spiro atoms. The maximum Gasteiger partial charge on any atom is 0.336 e. The van der Waals surface area contributed by atoms with E-state index in [4.69, 9.17) is 21.1 Å². The molecule has 0 bridgehead atoms. The number of aliphatic imine (C=N–C) groups is 1. The van der Waals surface area contributed by atoms with Crippen LogP contribution in [0.3, 0.4) is 0 Å². The predicted molar refractivity (Wildman–Crippen MR) is 96.8 cm³/mol. The summed E-state index contributed by atoms with van der Waals surface area (Å²) in [6.45, 7) is 7.49. The van der Waals surface area contributed by atoms with Gasteiger partial charge in [0.25, 0.3) is 0 Å². The van der Waals surface area contributed by atoms with Crippen molar-refractivity contribution in [3.63, 3.8) is 0 Å². The van der Waals surface area contributed by atoms with Crippen LogP contribution in [-0.4, -0.2) is 30.9 Å². The number of carbonyl (C=O) groups is 2. The normalized spacial score (nSPS) is 20.1. The summed E-state index contributed by atoms with van der Waals surface area (Å²) < 4.78 is 10.4. The van der Waals surface area contributed by atoms with Gasteiger partial charge in [0.2, 0.25) is 0 Å². The van der Waals surface area contributed by atoms with Gasteiger partial charge < -0.3 is 9.47 Å². The maximum atomic E-state index is 12.6. The first-order valence-electron chi connectivity index (χ1n) is 8.25. The summed E-state index contributed by atoms with van der Waals surface area (Å²) in [6, 6.07) is 7.13. The topological polar surface area (TPSA) is 65.0 Å². The van der Waals surface area contributed by atoms with Crippen molar-refractivity contribution in [1.29, 1.82) is 0 Å². The Morgan fingerprint density at radius 2 is 1.84 bits per heavy atom. The van der Waals surface area contributed by atoms with Gasteiger partial charge in [0.1, 0.15) is 5.92 Å². The first-order valence-corrected chi connectivity index (χ1v) is 8.63. The lowest BCUT2D eigenvalue weighted by Crippen LogP contribution is -2.36. The molecule has 0 N–H and O–H groups in total. The molecule has 0 saturated carbocycles. The average Bonchev–Trinajstić information content (AvgIpc) is 2.54. The van der Waals surface area contributed by atoms with Gasteiger partial charge in [-0.3, -0.25) is 9.79 Å². The molecule has 25 heavy (non-hydrogen) atoms. The first kappa shape index (κ1) is 19.2. The molecule has 2 rings (SSSR count). The number of nitrogens with zero attached hydrogens (tertiary/aromatic N) is 1. The van der Waals surface area contributed by atoms with E-state index in [2.05, 4.69) is 4.99 Å². The minimum absolute atomic E-state index is 0.241. The molecule has 1 aromatic carbocycles. The van der Waals surface area contributed by atoms with Crippen LogP contribution in [0.1, 0.15) is 39.2 Å². The largest absolute Gasteiger partial charge is 0.465 e. The third-order valence-corrected chi connectivity index (χ3v) is 4.31. The number of hydrogen-bond donors (Lipinski definition) is 0. The van der Waals surface area contributed by atoms with Crippen LogP contribution < -0.4 is 0 Å². The number of benzene rings is 1. The molecule has 0 radical (unpaired) electrons. The fourth-order valence-electron chi connectivity index (χ4n) is 3.11. The molecule has 0 aromatic heterocycles. The number of rotatable bonds is 5. The van der Waals surface area contributed by atoms with E-state index >= 15 is 0 Å². The predicted octanol–water partition coefficient (Wildman–Crippen LogP) is 3.91. The molecule has 134 valence electrons. The second-order valence-corrected chi connectivity index (χ2v) is 6.17. The highest BCUT2D eigenvalue weighted by atomic mass is 35.5. The Balaban J connectivity index is 2.62. The molecule has 2 atom stereocenters. The molecule has 0 amide bonds. The monoisotopic (exact) mass is 363 g/mol. The van der Waals surface area contributed by atoms with Crippen LogP contribution in [0.4, 0.5) is 0 Å². The summed E-state index contributed by atoms with van der Waals surface area (Å²) in [7, 11) is 0. The van der Waals surface area contributed by atoms with Gasteiger partial charge in [-0.1, -0.05) is 23.7 Å². The zero-order chi connectivity index (χ0) is 18.6. The SMILES string of the molecule is CCOC(=O)C1=C(C)N=C(C)C(C(=O)OCC)[C@H]1c1cccc(Cl)c1. The minimum Gasteiger partial charge on any atom is -0.465 e. The lowest BCUT2D eigenvalue weighted by molar-refractivity contribution is -0.146. The Labute approximate surface area is 152 Å². The molecule has 1 unspecified atom stereocenters. The molecule has 0 aliphatic carbocycles. The second-order valence-electron chi connectivity index (χ2n) is 5.74. The fourth-order valence-corrected chi connectivity index (χ4v) is 3.31. The third kappa shape index (κ3) is 4.10. The lowest BCUT2D eigenvalue weighted by Gasteiger charge is -2.31. The van der Waals surface area contributed by atoms with Crippen molar-refractivity contribution in [1.82, 2.24) is 0 Å². The number of halogens is 1. The van der Waals surface area contributed by atoms with Gasteiger partial charge in [-0.15, -0.1) is 0 Å². The Morgan fingerprint density at radius 3 is 2.44 bits per heavy atom. The standard InChI is InChI=1S/C19H22ClNO4/c1-5-24-18(22)15-11(3)21-12(4)16(19(23)25-6-2)17(15)13-8-7-9-14(20)10-13/h7-10,15,17H,5-6H2,1-4H3/t15?,17-/m1/s1. The number of esters is 2. The third-order valence-electron chi connectivity index (χ3n) is 4.07. The van der Waals surface area contributed by atoms with Gasteiger partial charge in [-0.05, 0) is 45.4 Å². The van der Waals surface area contributed by atoms with Crippen LogP contribution in [0, 0.1) is 5.92 Å². The van der Waals surface area contributed by atoms with Gasteiger partial charge in [0.05, 0.1) is 18.8 Å². The van der Waals surface area contributed by atoms with Crippen LogP contribution in [0.5, 0.6) is 0 Å². The Bertz CT molecular complexity index is 739. The van der Waals surface area contributed by atoms with E-state index < -0.39 is 23.8 Å². The van der Waals surface area contributed by atoms with E-state index in [9.17, 15) is 9.59 Å². The van der Waals surface area contributed by atoms with Crippen molar-refractivity contribution in [2.24, 2.45) is 10.9 Å². The van der Waals surface area contributed by atoms with Crippen LogP contribution in [0.2, 0.25) is 5.02 Å². The zero-order valence-electron chi connectivity index (χ0n) is 14.8. The van der Waals surface area contributed by atoms with Gasteiger partial charge in [-0.2, -0.15) is 0 Å². The molecule has 1 aliphatic heterocycles. The van der Waals surface area contributed by atoms with Crippen LogP contribution >= 0.6 is 11.6 Å². The van der Waals surface area contributed by atoms with Gasteiger partial charge in [0.15, 0.2) is 0 Å². The molecular formula is C19H22ClNO4. The summed E-state index contributed by atoms with van der Waals surface area (Å²) in [4.78, 5) is 29.6. The number of ether oxygens (including phenoxy) is 2. The maximum absolute atomic E-state index is 12.6. The zero-order valence-corrected chi connectivity index (χ0v) is 15.6. The summed E-state index contributed by atoms with van der Waals surface area (Å²) in [5, 5.41) is 0.529. The molecule has 0 saturated heterocycles. The van der Waals surface area contributed by atoms with Crippen molar-refractivity contribution in [3.8, 4) is 0 Å². The van der Waals surface area contributed by atoms with Crippen LogP contribution in [0.25, 0.3) is 0 Å². The van der Waals surface area contributed by atoms with Crippen molar-refractivity contribution >= 4 is 29.3 Å². The summed E-state index contributed by atoms with van der Waals surface area (Å²) >= 11 is 6.14. The van der Waals surface area contributed by atoms with E-state index in [0.717, 1.165) is 5.56 Å². The average molecular weight is 364 g/mol. The van der Waals surface area contributed by atoms with E-state index in [-0.39, 0.29) is 13.2 Å². The van der Waals surface area contributed by atoms with Crippen molar-refractivity contribution in [3.05, 3.63) is 46.1 Å². The first-order chi connectivity index (χ1) is 11.9. The molecular weight excluding hydrogens is 342 g/mol. The van der Waals surface area contributed by atoms with Gasteiger partial charge >= 0.3 is 11.9 Å². The molecule has 6 heteroatoms. The summed E-state index contributed by atoms with van der Waals surface area (Å²) in [6.07, 6.45) is 0. The lowest BCUT2D eigenvalue weighted by atomic mass is 9.75. The highest BCUT2D eigenvalue weighted by Gasteiger charge is 2.42. The van der Waals surface area contributed by atoms with Crippen molar-refractivity contribution in [2.75, 3.05) is 13.2 Å². The Kier molecular flexibility index (Phi) is 6.37. The quantitative estimate of drug-likeness (QED) is 0.744. The van der Waals surface area contributed by atoms with Crippen LogP contribution in [0.15, 0.2) is 40.5 Å². The molecule has 1 aliphatic rings. The highest BCUT2D eigenvalue weighted by Crippen LogP contribution is 2.40. The molecule has 1 aromatic rings. The second kappa shape index (κ2) is 8.30. The highest BCUT2D eigenvalue weighted by molar-refractivity contribution is 6.30. The van der Waals surface area contributed by atoms with Gasteiger partial charge in [0, 0.05) is 22.3 Å². The van der Waals surface area contributed by atoms with Crippen LogP contribution in [-0.2, 0) is 19.1 Å². The fraction of sp³-hybridized carbons (Fsp3) is 0.421. The van der Waals surface area contributed by atoms with Gasteiger partial charge in [-0.25, -0.2) is 4.79 Å². The van der Waals surface area contributed by atoms with E-state index in [1.54, 1.807) is 45.9 Å². The summed E-state index contributed by atoms with van der Waals surface area (Å²) in [5.74, 6) is -2.13. The number of carbonyl (C=O) groups excluding carboxylic acids is 2. The van der Waals surface area contributed by atoms with E-state index in [0.29, 0.717) is 22.0 Å². The number of allylic oxidation sites excluding steroid dienone is 1. The molecule has 0 fully saturated rings. The number of hydrogen-bond acceptors (Lipinski definition) is 5. The van der Waals surface area contributed by atoms with E-state index in [1.165, 1.54) is 0 Å². The smallest absolute Gasteiger partial charge is 0.336 e. The molecule has 5 nitrogen and oxygen atoms in total. The van der Waals surface area contributed by atoms with Crippen molar-refractivity contribution < 1.29 is 19.1 Å². The van der Waals surface area contributed by atoms with Crippen molar-refractivity contribution in [2.45, 2.75) is 33.6 Å².